The van der Waals surface area contributed by atoms with E-state index in [4.69, 9.17) is 20.9 Å². The van der Waals surface area contributed by atoms with Crippen LogP contribution in [0, 0.1) is 11.8 Å². The first kappa shape index (κ1) is 22.6. The maximum Gasteiger partial charge on any atom is 1.00 e. The van der Waals surface area contributed by atoms with E-state index in [0.717, 1.165) is 0 Å². The summed E-state index contributed by atoms with van der Waals surface area (Å²) in [6.45, 7) is 9.40. The summed E-state index contributed by atoms with van der Waals surface area (Å²) in [5, 5.41) is 0.275. The van der Waals surface area contributed by atoms with Crippen molar-refractivity contribution in [3.05, 3.63) is 0 Å². The number of hydrogen-bond donors (Lipinski definition) is 2. The zero-order valence-corrected chi connectivity index (χ0v) is 15.0. The van der Waals surface area contributed by atoms with Crippen molar-refractivity contribution in [2.24, 2.45) is 23.3 Å². The van der Waals surface area contributed by atoms with Crippen LogP contribution in [0.3, 0.4) is 0 Å². The fourth-order valence-corrected chi connectivity index (χ4v) is 0.634. The van der Waals surface area contributed by atoms with Crippen LogP contribution in [0.15, 0.2) is 0 Å². The van der Waals surface area contributed by atoms with E-state index in [2.05, 4.69) is 24.4 Å². The van der Waals surface area contributed by atoms with Crippen molar-refractivity contribution in [3.63, 3.8) is 0 Å². The summed E-state index contributed by atoms with van der Waals surface area (Å²) in [5.41, 5.74) is 10.1. The van der Waals surface area contributed by atoms with Crippen molar-refractivity contribution >= 4 is 34.8 Å². The van der Waals surface area contributed by atoms with Gasteiger partial charge < -0.3 is 22.4 Å². The molecule has 0 bridgehead atoms. The van der Waals surface area contributed by atoms with Gasteiger partial charge in [-0.25, -0.2) is 0 Å². The van der Waals surface area contributed by atoms with Gasteiger partial charge in [-0.3, -0.25) is 0 Å². The Morgan fingerprint density at radius 2 is 1.18 bits per heavy atom. The van der Waals surface area contributed by atoms with Gasteiger partial charge in [0.05, 0.1) is 13.2 Å². The molecule has 0 unspecified atom stereocenters. The van der Waals surface area contributed by atoms with E-state index in [1.54, 1.807) is 0 Å². The molecule has 0 amide bonds. The molecule has 0 aromatic rings. The molecule has 98 valence electrons. The molecule has 0 radical (unpaired) electrons. The van der Waals surface area contributed by atoms with Crippen LogP contribution in [0.25, 0.3) is 0 Å². The van der Waals surface area contributed by atoms with Crippen LogP contribution in [0.2, 0.25) is 0 Å². The Labute approximate surface area is 139 Å². The molecule has 0 spiro atoms. The van der Waals surface area contributed by atoms with Gasteiger partial charge in [-0.1, -0.05) is 27.7 Å². The molecule has 17 heavy (non-hydrogen) atoms. The second-order valence-corrected chi connectivity index (χ2v) is 4.85. The predicted molar refractivity (Wildman–Crippen MR) is 76.3 cm³/mol. The number of rotatable bonds is 4. The largest absolute Gasteiger partial charge is 1.00 e. The summed E-state index contributed by atoms with van der Waals surface area (Å²) in [4.78, 5) is 0. The van der Waals surface area contributed by atoms with Crippen LogP contribution in [-0.4, -0.2) is 23.6 Å². The van der Waals surface area contributed by atoms with Gasteiger partial charge in [0.1, 0.15) is 0 Å². The molecule has 0 rings (SSSR count). The second kappa shape index (κ2) is 14.4. The van der Waals surface area contributed by atoms with E-state index in [1.165, 1.54) is 0 Å². The van der Waals surface area contributed by atoms with E-state index in [1.807, 2.05) is 27.7 Å². The topological polar surface area (TPSA) is 70.5 Å². The maximum atomic E-state index is 5.05. The Balaban J connectivity index is -0.0000000980. The van der Waals surface area contributed by atoms with Crippen molar-refractivity contribution in [1.82, 2.24) is 0 Å². The average Bonchev–Trinajstić information content (AvgIpc) is 2.12. The predicted octanol–water partition coefficient (Wildman–Crippen LogP) is -1.08. The molecule has 4 nitrogen and oxygen atoms in total. The summed E-state index contributed by atoms with van der Waals surface area (Å²) >= 11 is 8.94. The molecule has 4 N–H and O–H groups in total. The molecule has 7 heteroatoms. The van der Waals surface area contributed by atoms with E-state index in [9.17, 15) is 0 Å². The Bertz CT molecular complexity index is 198. The molecular formula is C10H23N2NaO2S2. The van der Waals surface area contributed by atoms with E-state index in [-0.39, 0.29) is 41.3 Å². The molecule has 0 aliphatic heterocycles. The van der Waals surface area contributed by atoms with E-state index >= 15 is 0 Å². The zero-order chi connectivity index (χ0) is 13.1. The Morgan fingerprint density at radius 3 is 1.24 bits per heavy atom. The number of ether oxygens (including phenoxy) is 2. The first-order valence-corrected chi connectivity index (χ1v) is 5.91. The third-order valence-corrected chi connectivity index (χ3v) is 1.35. The monoisotopic (exact) mass is 290 g/mol. The van der Waals surface area contributed by atoms with Crippen molar-refractivity contribution < 1.29 is 40.5 Å². The Morgan fingerprint density at radius 1 is 0.941 bits per heavy atom. The molecule has 0 aliphatic carbocycles. The zero-order valence-electron chi connectivity index (χ0n) is 12.4. The average molecular weight is 290 g/mol. The fourth-order valence-electron chi connectivity index (χ4n) is 0.498. The minimum atomic E-state index is 0. The SMILES string of the molecule is CC(C)COC(N)=S.CC(C)COC(N)=S.[H-].[Na+]. The summed E-state index contributed by atoms with van der Waals surface area (Å²) in [5.74, 6) is 0.994. The van der Waals surface area contributed by atoms with Gasteiger partial charge >= 0.3 is 29.6 Å². The van der Waals surface area contributed by atoms with Gasteiger partial charge in [0, 0.05) is 0 Å². The Kier molecular flexibility index (Phi) is 19.2. The van der Waals surface area contributed by atoms with Gasteiger partial charge in [0.25, 0.3) is 10.3 Å². The fraction of sp³-hybridized carbons (Fsp3) is 0.800. The molecule has 0 saturated carbocycles. The summed E-state index contributed by atoms with van der Waals surface area (Å²) in [6.07, 6.45) is 0. The van der Waals surface area contributed by atoms with Crippen LogP contribution in [0.1, 0.15) is 29.1 Å². The first-order chi connectivity index (χ1) is 7.25. The van der Waals surface area contributed by atoms with E-state index < -0.39 is 0 Å². The normalized spacial score (nSPS) is 8.82. The minimum absolute atomic E-state index is 0. The molecule has 0 saturated heterocycles. The van der Waals surface area contributed by atoms with Crippen molar-refractivity contribution in [2.75, 3.05) is 13.2 Å². The summed E-state index contributed by atoms with van der Waals surface area (Å²) in [6, 6.07) is 0. The third kappa shape index (κ3) is 31.4. The molecule has 0 fully saturated rings. The van der Waals surface area contributed by atoms with Gasteiger partial charge in [-0.2, -0.15) is 0 Å². The third-order valence-electron chi connectivity index (χ3n) is 1.12. The maximum absolute atomic E-state index is 5.05. The van der Waals surface area contributed by atoms with Crippen LogP contribution in [0.4, 0.5) is 0 Å². The van der Waals surface area contributed by atoms with Crippen LogP contribution >= 0.6 is 24.4 Å². The molecule has 0 aliphatic rings. The van der Waals surface area contributed by atoms with Crippen molar-refractivity contribution in [1.29, 1.82) is 0 Å². The van der Waals surface area contributed by atoms with Gasteiger partial charge in [0.15, 0.2) is 0 Å². The molecule has 0 atom stereocenters. The number of hydrogen-bond acceptors (Lipinski definition) is 4. The second-order valence-electron chi connectivity index (χ2n) is 4.05. The number of nitrogens with two attached hydrogens (primary N) is 2. The molecule has 0 heterocycles. The first-order valence-electron chi connectivity index (χ1n) is 5.10. The molecule has 0 aromatic carbocycles. The summed E-state index contributed by atoms with van der Waals surface area (Å²) < 4.78 is 9.62. The van der Waals surface area contributed by atoms with Gasteiger partial charge in [-0.05, 0) is 36.3 Å². The van der Waals surface area contributed by atoms with Crippen molar-refractivity contribution in [3.8, 4) is 0 Å². The molecular weight excluding hydrogens is 267 g/mol. The van der Waals surface area contributed by atoms with Gasteiger partial charge in [-0.15, -0.1) is 0 Å². The van der Waals surface area contributed by atoms with Crippen molar-refractivity contribution in [2.45, 2.75) is 27.7 Å². The van der Waals surface area contributed by atoms with E-state index in [0.29, 0.717) is 25.0 Å². The quantitative estimate of drug-likeness (QED) is 0.507. The summed E-state index contributed by atoms with van der Waals surface area (Å²) in [7, 11) is 0. The van der Waals surface area contributed by atoms with Gasteiger partial charge in [0.2, 0.25) is 0 Å². The van der Waals surface area contributed by atoms with Crippen LogP contribution in [-0.2, 0) is 9.47 Å². The van der Waals surface area contributed by atoms with Crippen LogP contribution < -0.4 is 41.0 Å². The standard InChI is InChI=1S/2C5H11NOS.Na.H/c2*1-4(2)3-7-5(6)8;;/h2*4H,3H2,1-2H3,(H2,6,8);;/q;;+1;-1. The minimum Gasteiger partial charge on any atom is -1.00 e. The molecule has 0 aromatic heterocycles. The number of thiocarbonyl (C=S) groups is 2. The van der Waals surface area contributed by atoms with Crippen LogP contribution in [0.5, 0.6) is 0 Å². The Hall–Kier alpha value is 0.380. The smallest absolute Gasteiger partial charge is 1.00 e.